The molecule has 1 aliphatic carbocycles. The van der Waals surface area contributed by atoms with Gasteiger partial charge in [-0.25, -0.2) is 4.99 Å². The van der Waals surface area contributed by atoms with Crippen molar-refractivity contribution in [1.29, 1.82) is 0 Å². The quantitative estimate of drug-likeness (QED) is 0.740. The first-order chi connectivity index (χ1) is 9.42. The third kappa shape index (κ3) is 1.68. The van der Waals surface area contributed by atoms with Crippen LogP contribution in [0.3, 0.4) is 0 Å². The molecule has 0 N–H and O–H groups in total. The molecule has 0 aromatic heterocycles. The minimum atomic E-state index is 0.924. The fourth-order valence-electron chi connectivity index (χ4n) is 2.78. The number of benzene rings is 1. The maximum absolute atomic E-state index is 4.85. The molecule has 4 rings (SSSR count). The summed E-state index contributed by atoms with van der Waals surface area (Å²) in [6.07, 6.45) is 11.9. The second-order valence-electron chi connectivity index (χ2n) is 4.90. The standard InChI is InChI=1S/C17H14N2/c1-2-6-13(7-3-1)16-12-19-11-5-9-14-8-4-10-15(18-16)17(14)19/h1-9,12H,10-11H2. The van der Waals surface area contributed by atoms with E-state index in [2.05, 4.69) is 59.7 Å². The van der Waals surface area contributed by atoms with Crippen LogP contribution in [0.2, 0.25) is 0 Å². The zero-order valence-electron chi connectivity index (χ0n) is 10.6. The Morgan fingerprint density at radius 3 is 2.74 bits per heavy atom. The molecule has 1 aromatic carbocycles. The van der Waals surface area contributed by atoms with E-state index in [1.807, 2.05) is 6.07 Å². The lowest BCUT2D eigenvalue weighted by Gasteiger charge is -2.33. The van der Waals surface area contributed by atoms with Crippen molar-refractivity contribution in [2.45, 2.75) is 6.42 Å². The Balaban J connectivity index is 1.84. The maximum atomic E-state index is 4.85. The van der Waals surface area contributed by atoms with E-state index in [9.17, 15) is 0 Å². The summed E-state index contributed by atoms with van der Waals surface area (Å²) in [4.78, 5) is 7.16. The van der Waals surface area contributed by atoms with Crippen LogP contribution in [0.4, 0.5) is 0 Å². The molecule has 0 bridgehead atoms. The van der Waals surface area contributed by atoms with Crippen LogP contribution in [0.15, 0.2) is 77.1 Å². The van der Waals surface area contributed by atoms with Crippen molar-refractivity contribution in [2.75, 3.05) is 6.54 Å². The molecule has 19 heavy (non-hydrogen) atoms. The Labute approximate surface area is 112 Å². The predicted octanol–water partition coefficient (Wildman–Crippen LogP) is 3.53. The largest absolute Gasteiger partial charge is 0.340 e. The van der Waals surface area contributed by atoms with Gasteiger partial charge in [0.1, 0.15) is 0 Å². The molecule has 2 nitrogen and oxygen atoms in total. The molecule has 3 aliphatic rings. The third-order valence-corrected chi connectivity index (χ3v) is 3.65. The van der Waals surface area contributed by atoms with Gasteiger partial charge in [0, 0.05) is 24.7 Å². The van der Waals surface area contributed by atoms with Gasteiger partial charge in [-0.05, 0) is 5.57 Å². The lowest BCUT2D eigenvalue weighted by molar-refractivity contribution is 0.526. The van der Waals surface area contributed by atoms with Gasteiger partial charge >= 0.3 is 0 Å². The Bertz CT molecular complexity index is 668. The van der Waals surface area contributed by atoms with E-state index < -0.39 is 0 Å². The molecule has 92 valence electrons. The van der Waals surface area contributed by atoms with Crippen LogP contribution in [0, 0.1) is 0 Å². The SMILES string of the molecule is C1=CC2=C3C(=NC(c4ccccc4)=CN3CC=C2)C1. The van der Waals surface area contributed by atoms with Crippen molar-refractivity contribution in [3.8, 4) is 0 Å². The van der Waals surface area contributed by atoms with Gasteiger partial charge < -0.3 is 4.90 Å². The van der Waals surface area contributed by atoms with Crippen molar-refractivity contribution >= 4 is 11.4 Å². The van der Waals surface area contributed by atoms with E-state index >= 15 is 0 Å². The van der Waals surface area contributed by atoms with Gasteiger partial charge in [0.25, 0.3) is 0 Å². The van der Waals surface area contributed by atoms with E-state index in [4.69, 9.17) is 4.99 Å². The predicted molar refractivity (Wildman–Crippen MR) is 78.5 cm³/mol. The van der Waals surface area contributed by atoms with Crippen molar-refractivity contribution in [1.82, 2.24) is 4.90 Å². The van der Waals surface area contributed by atoms with Crippen LogP contribution < -0.4 is 0 Å². The fourth-order valence-corrected chi connectivity index (χ4v) is 2.78. The summed E-state index contributed by atoms with van der Waals surface area (Å²) in [6, 6.07) is 10.4. The normalized spacial score (nSPS) is 20.1. The van der Waals surface area contributed by atoms with Gasteiger partial charge in [-0.3, -0.25) is 0 Å². The average Bonchev–Trinajstić information content (AvgIpc) is 2.49. The molecule has 0 fully saturated rings. The van der Waals surface area contributed by atoms with Gasteiger partial charge in [0.2, 0.25) is 0 Å². The topological polar surface area (TPSA) is 15.6 Å². The summed E-state index contributed by atoms with van der Waals surface area (Å²) in [5.74, 6) is 0. The Morgan fingerprint density at radius 1 is 1.00 bits per heavy atom. The molecule has 0 unspecified atom stereocenters. The van der Waals surface area contributed by atoms with Crippen molar-refractivity contribution < 1.29 is 0 Å². The highest BCUT2D eigenvalue weighted by Gasteiger charge is 2.25. The van der Waals surface area contributed by atoms with Crippen LogP contribution in [-0.4, -0.2) is 17.2 Å². The molecule has 2 heterocycles. The first kappa shape index (κ1) is 10.6. The highest BCUT2D eigenvalue weighted by atomic mass is 15.2. The van der Waals surface area contributed by atoms with Gasteiger partial charge in [-0.15, -0.1) is 0 Å². The molecule has 0 atom stereocenters. The third-order valence-electron chi connectivity index (χ3n) is 3.65. The number of aliphatic imine (C=N–C) groups is 1. The fraction of sp³-hybridized carbons (Fsp3) is 0.118. The Morgan fingerprint density at radius 2 is 1.84 bits per heavy atom. The van der Waals surface area contributed by atoms with Crippen molar-refractivity contribution in [3.05, 3.63) is 77.7 Å². The maximum Gasteiger partial charge on any atom is 0.0868 e. The van der Waals surface area contributed by atoms with E-state index in [0.29, 0.717) is 0 Å². The first-order valence-electron chi connectivity index (χ1n) is 6.61. The van der Waals surface area contributed by atoms with E-state index in [0.717, 1.165) is 18.7 Å². The summed E-state index contributed by atoms with van der Waals surface area (Å²) in [5.41, 5.74) is 5.98. The molecular formula is C17H14N2. The summed E-state index contributed by atoms with van der Waals surface area (Å²) >= 11 is 0. The summed E-state index contributed by atoms with van der Waals surface area (Å²) < 4.78 is 0. The average molecular weight is 246 g/mol. The first-order valence-corrected chi connectivity index (χ1v) is 6.61. The van der Waals surface area contributed by atoms with Crippen LogP contribution in [0.1, 0.15) is 12.0 Å². The highest BCUT2D eigenvalue weighted by Crippen LogP contribution is 2.32. The van der Waals surface area contributed by atoms with E-state index in [1.54, 1.807) is 0 Å². The molecular weight excluding hydrogens is 232 g/mol. The molecule has 0 saturated heterocycles. The minimum absolute atomic E-state index is 0.924. The smallest absolute Gasteiger partial charge is 0.0868 e. The van der Waals surface area contributed by atoms with Crippen LogP contribution in [-0.2, 0) is 0 Å². The lowest BCUT2D eigenvalue weighted by Crippen LogP contribution is -2.30. The van der Waals surface area contributed by atoms with Gasteiger partial charge in [0.05, 0.1) is 17.1 Å². The molecule has 2 heteroatoms. The molecule has 0 radical (unpaired) electrons. The van der Waals surface area contributed by atoms with E-state index in [1.165, 1.54) is 22.5 Å². The van der Waals surface area contributed by atoms with E-state index in [-0.39, 0.29) is 0 Å². The van der Waals surface area contributed by atoms with Crippen LogP contribution >= 0.6 is 0 Å². The monoisotopic (exact) mass is 246 g/mol. The second kappa shape index (κ2) is 4.09. The number of rotatable bonds is 1. The zero-order chi connectivity index (χ0) is 12.7. The van der Waals surface area contributed by atoms with Crippen molar-refractivity contribution in [3.63, 3.8) is 0 Å². The zero-order valence-corrected chi connectivity index (χ0v) is 10.6. The molecule has 2 aliphatic heterocycles. The highest BCUT2D eigenvalue weighted by molar-refractivity contribution is 6.07. The number of hydrogen-bond donors (Lipinski definition) is 0. The Kier molecular flexibility index (Phi) is 2.27. The number of nitrogens with zero attached hydrogens (tertiary/aromatic N) is 2. The molecule has 0 saturated carbocycles. The van der Waals surface area contributed by atoms with Crippen LogP contribution in [0.5, 0.6) is 0 Å². The summed E-state index contributed by atoms with van der Waals surface area (Å²) in [5, 5.41) is 0. The lowest BCUT2D eigenvalue weighted by atomic mass is 9.95. The summed E-state index contributed by atoms with van der Waals surface area (Å²) in [6.45, 7) is 0.933. The van der Waals surface area contributed by atoms with Gasteiger partial charge in [-0.2, -0.15) is 0 Å². The molecule has 0 spiro atoms. The van der Waals surface area contributed by atoms with Gasteiger partial charge in [-0.1, -0.05) is 54.6 Å². The molecule has 1 aromatic rings. The second-order valence-corrected chi connectivity index (χ2v) is 4.90. The van der Waals surface area contributed by atoms with Crippen molar-refractivity contribution in [2.24, 2.45) is 4.99 Å². The number of allylic oxidation sites excluding steroid dienone is 5. The Hall–Kier alpha value is -2.35. The minimum Gasteiger partial charge on any atom is -0.340 e. The number of hydrogen-bond acceptors (Lipinski definition) is 2. The molecule has 0 amide bonds. The van der Waals surface area contributed by atoms with Crippen LogP contribution in [0.25, 0.3) is 5.70 Å². The summed E-state index contributed by atoms with van der Waals surface area (Å²) in [7, 11) is 0. The van der Waals surface area contributed by atoms with Gasteiger partial charge in [0.15, 0.2) is 0 Å².